The number of aryl methyl sites for hydroxylation is 1. The number of hydrogen-bond donors (Lipinski definition) is 1. The van der Waals surface area contributed by atoms with Gasteiger partial charge in [-0.25, -0.2) is 0 Å². The van der Waals surface area contributed by atoms with Crippen LogP contribution in [0.2, 0.25) is 15.1 Å². The fraction of sp³-hybridized carbons (Fsp3) is 0.278. The normalized spacial score (nSPS) is 11.7. The number of nitrogens with zero attached hydrogens (tertiary/aromatic N) is 4. The minimum Gasteiger partial charge on any atom is -0.308 e. The van der Waals surface area contributed by atoms with Gasteiger partial charge in [0.25, 0.3) is 0 Å². The molecule has 1 aromatic carbocycles. The summed E-state index contributed by atoms with van der Waals surface area (Å²) in [6.45, 7) is 1.77. The minimum absolute atomic E-state index is 0.0477. The topological polar surface area (TPSA) is 64.7 Å². The number of carbonyl (C=O) groups excluding carboxylic acids is 1. The van der Waals surface area contributed by atoms with Crippen molar-refractivity contribution in [2.75, 3.05) is 5.32 Å². The lowest BCUT2D eigenvalue weighted by Gasteiger charge is -2.06. The van der Waals surface area contributed by atoms with E-state index in [-0.39, 0.29) is 34.0 Å². The first-order chi connectivity index (χ1) is 14.5. The van der Waals surface area contributed by atoms with Crippen molar-refractivity contribution in [1.29, 1.82) is 0 Å². The summed E-state index contributed by atoms with van der Waals surface area (Å²) in [5.41, 5.74) is 0.0604. The number of amides is 1. The van der Waals surface area contributed by atoms with Gasteiger partial charge in [-0.3, -0.25) is 14.2 Å². The van der Waals surface area contributed by atoms with E-state index in [1.165, 1.54) is 17.8 Å². The molecule has 166 valence electrons. The molecule has 0 fully saturated rings. The summed E-state index contributed by atoms with van der Waals surface area (Å²) in [6, 6.07) is 5.13. The zero-order chi connectivity index (χ0) is 22.9. The second-order valence-electron chi connectivity index (χ2n) is 6.54. The molecule has 0 unspecified atom stereocenters. The van der Waals surface area contributed by atoms with Gasteiger partial charge < -0.3 is 5.32 Å². The van der Waals surface area contributed by atoms with Crippen molar-refractivity contribution in [2.24, 2.45) is 0 Å². The highest BCUT2D eigenvalue weighted by atomic mass is 79.9. The molecule has 0 spiro atoms. The molecule has 0 saturated heterocycles. The summed E-state index contributed by atoms with van der Waals surface area (Å²) < 4.78 is 41.3. The van der Waals surface area contributed by atoms with E-state index in [1.807, 2.05) is 0 Å². The quantitative estimate of drug-likeness (QED) is 0.391. The highest BCUT2D eigenvalue weighted by molar-refractivity contribution is 9.10. The molecule has 0 saturated carbocycles. The zero-order valence-corrected chi connectivity index (χ0v) is 19.6. The molecule has 0 atom stereocenters. The molecular formula is C18H14BrCl3F3N5O. The van der Waals surface area contributed by atoms with E-state index in [0.29, 0.717) is 16.6 Å². The molecule has 6 nitrogen and oxygen atoms in total. The summed E-state index contributed by atoms with van der Waals surface area (Å²) >= 11 is 20.9. The van der Waals surface area contributed by atoms with E-state index in [1.54, 1.807) is 18.2 Å². The first-order valence-electron chi connectivity index (χ1n) is 8.72. The highest BCUT2D eigenvalue weighted by Gasteiger charge is 2.37. The molecule has 13 heteroatoms. The highest BCUT2D eigenvalue weighted by Crippen LogP contribution is 2.35. The second kappa shape index (κ2) is 9.40. The first-order valence-corrected chi connectivity index (χ1v) is 10.6. The lowest BCUT2D eigenvalue weighted by Crippen LogP contribution is -2.17. The van der Waals surface area contributed by atoms with E-state index >= 15 is 0 Å². The molecule has 1 N–H and O–H groups in total. The van der Waals surface area contributed by atoms with Gasteiger partial charge in [-0.05, 0) is 40.5 Å². The van der Waals surface area contributed by atoms with E-state index in [9.17, 15) is 18.0 Å². The molecule has 0 bridgehead atoms. The van der Waals surface area contributed by atoms with Crippen molar-refractivity contribution in [3.63, 3.8) is 0 Å². The van der Waals surface area contributed by atoms with E-state index in [2.05, 4.69) is 31.4 Å². The first kappa shape index (κ1) is 23.9. The van der Waals surface area contributed by atoms with Crippen LogP contribution in [-0.2, 0) is 24.1 Å². The van der Waals surface area contributed by atoms with Crippen molar-refractivity contribution >= 4 is 62.5 Å². The SMILES string of the molecule is Cc1c(Br)c(C(F)(F)F)nn1CCC(=O)Nc1nn(Cc2ccc(Cl)c(Cl)c2)cc1Cl. The lowest BCUT2D eigenvalue weighted by atomic mass is 10.2. The third-order valence-electron chi connectivity index (χ3n) is 4.26. The molecule has 0 aliphatic heterocycles. The number of nitrogens with one attached hydrogen (secondary N) is 1. The van der Waals surface area contributed by atoms with Crippen LogP contribution in [-0.4, -0.2) is 25.5 Å². The Labute approximate surface area is 198 Å². The Morgan fingerprint density at radius 3 is 2.48 bits per heavy atom. The smallest absolute Gasteiger partial charge is 0.308 e. The maximum absolute atomic E-state index is 12.9. The van der Waals surface area contributed by atoms with Crippen LogP contribution < -0.4 is 5.32 Å². The van der Waals surface area contributed by atoms with Crippen molar-refractivity contribution in [1.82, 2.24) is 19.6 Å². The van der Waals surface area contributed by atoms with Gasteiger partial charge in [0.05, 0.1) is 33.3 Å². The van der Waals surface area contributed by atoms with Gasteiger partial charge >= 0.3 is 6.18 Å². The fourth-order valence-electron chi connectivity index (χ4n) is 2.71. The summed E-state index contributed by atoms with van der Waals surface area (Å²) in [4.78, 5) is 12.3. The van der Waals surface area contributed by atoms with Gasteiger partial charge in [-0.15, -0.1) is 0 Å². The minimum atomic E-state index is -4.59. The monoisotopic (exact) mass is 557 g/mol. The molecule has 0 radical (unpaired) electrons. The van der Waals surface area contributed by atoms with E-state index < -0.39 is 17.8 Å². The largest absolute Gasteiger partial charge is 0.436 e. The Hall–Kier alpha value is -1.75. The third kappa shape index (κ3) is 5.74. The molecule has 3 rings (SSSR count). The number of aromatic nitrogens is 4. The van der Waals surface area contributed by atoms with Gasteiger partial charge in [-0.2, -0.15) is 23.4 Å². The number of hydrogen-bond acceptors (Lipinski definition) is 3. The van der Waals surface area contributed by atoms with Crippen molar-refractivity contribution in [2.45, 2.75) is 32.6 Å². The zero-order valence-electron chi connectivity index (χ0n) is 15.8. The predicted molar refractivity (Wildman–Crippen MR) is 116 cm³/mol. The van der Waals surface area contributed by atoms with E-state index in [0.717, 1.165) is 10.2 Å². The number of carbonyl (C=O) groups is 1. The van der Waals surface area contributed by atoms with Gasteiger partial charge in [0.2, 0.25) is 5.91 Å². The molecular weight excluding hydrogens is 545 g/mol. The van der Waals surface area contributed by atoms with Crippen LogP contribution in [0, 0.1) is 6.92 Å². The number of benzene rings is 1. The van der Waals surface area contributed by atoms with Gasteiger partial charge in [0, 0.05) is 12.6 Å². The molecule has 2 aromatic heterocycles. The van der Waals surface area contributed by atoms with Crippen LogP contribution in [0.15, 0.2) is 28.9 Å². The Bertz CT molecular complexity index is 1130. The average molecular weight is 560 g/mol. The molecule has 0 aliphatic rings. The van der Waals surface area contributed by atoms with Gasteiger partial charge in [0.1, 0.15) is 5.02 Å². The Morgan fingerprint density at radius 1 is 1.16 bits per heavy atom. The van der Waals surface area contributed by atoms with Crippen LogP contribution in [0.4, 0.5) is 19.0 Å². The summed E-state index contributed by atoms with van der Waals surface area (Å²) in [7, 11) is 0. The van der Waals surface area contributed by atoms with Crippen LogP contribution in [0.1, 0.15) is 23.4 Å². The van der Waals surface area contributed by atoms with Crippen molar-refractivity contribution < 1.29 is 18.0 Å². The number of rotatable bonds is 6. The molecule has 3 aromatic rings. The number of alkyl halides is 3. The number of halogens is 7. The fourth-order valence-corrected chi connectivity index (χ4v) is 3.74. The Balaban J connectivity index is 1.63. The van der Waals surface area contributed by atoms with Crippen LogP contribution in [0.5, 0.6) is 0 Å². The molecule has 1 amide bonds. The summed E-state index contributed by atoms with van der Waals surface area (Å²) in [5, 5.41) is 11.4. The molecule has 0 aliphatic carbocycles. The lowest BCUT2D eigenvalue weighted by molar-refractivity contribution is -0.142. The maximum atomic E-state index is 12.9. The summed E-state index contributed by atoms with van der Waals surface area (Å²) in [6.07, 6.45) is -3.18. The van der Waals surface area contributed by atoms with Crippen LogP contribution >= 0.6 is 50.7 Å². The van der Waals surface area contributed by atoms with E-state index in [4.69, 9.17) is 34.8 Å². The van der Waals surface area contributed by atoms with Crippen LogP contribution in [0.3, 0.4) is 0 Å². The average Bonchev–Trinajstić information content (AvgIpc) is 3.16. The summed E-state index contributed by atoms with van der Waals surface area (Å²) in [5.74, 6) is -0.331. The van der Waals surface area contributed by atoms with Gasteiger partial charge in [0.15, 0.2) is 11.5 Å². The predicted octanol–water partition coefficient (Wildman–Crippen LogP) is 6.21. The molecule has 31 heavy (non-hydrogen) atoms. The Morgan fingerprint density at radius 2 is 1.87 bits per heavy atom. The standard InChI is InChI=1S/C18H14BrCl3F3N5O/c1-9-15(19)16(18(23,24)25)27-30(9)5-4-14(31)26-17-13(22)8-29(28-17)7-10-2-3-11(20)12(21)6-10/h2-3,6,8H,4-5,7H2,1H3,(H,26,28,31). The second-order valence-corrected chi connectivity index (χ2v) is 8.55. The third-order valence-corrected chi connectivity index (χ3v) is 6.22. The van der Waals surface area contributed by atoms with Crippen LogP contribution in [0.25, 0.3) is 0 Å². The number of anilines is 1. The van der Waals surface area contributed by atoms with Crippen molar-refractivity contribution in [3.05, 3.63) is 60.9 Å². The maximum Gasteiger partial charge on any atom is 0.436 e. The van der Waals surface area contributed by atoms with Gasteiger partial charge in [-0.1, -0.05) is 40.9 Å². The molecule has 2 heterocycles. The van der Waals surface area contributed by atoms with Crippen molar-refractivity contribution in [3.8, 4) is 0 Å². The Kier molecular flexibility index (Phi) is 7.25.